The lowest BCUT2D eigenvalue weighted by molar-refractivity contribution is -0.119. The number of pyridine rings is 2. The van der Waals surface area contributed by atoms with E-state index >= 15 is 0 Å². The maximum atomic E-state index is 12.1. The van der Waals surface area contributed by atoms with Gasteiger partial charge >= 0.3 is 0 Å². The molecule has 0 aliphatic carbocycles. The number of methoxy groups -OCH3 is 4. The monoisotopic (exact) mass is 894 g/mol. The molecular formula is C43H48Cl2N6O7S2. The van der Waals surface area contributed by atoms with E-state index in [-0.39, 0.29) is 48.1 Å². The van der Waals surface area contributed by atoms with E-state index in [1.165, 1.54) is 23.5 Å². The third kappa shape index (κ3) is 14.9. The summed E-state index contributed by atoms with van der Waals surface area (Å²) in [5.74, 6) is 2.65. The van der Waals surface area contributed by atoms with Gasteiger partial charge < -0.3 is 24.1 Å². The second-order valence-corrected chi connectivity index (χ2v) is 14.0. The molecule has 0 bridgehead atoms. The van der Waals surface area contributed by atoms with Crippen LogP contribution in [0.1, 0.15) is 22.5 Å². The molecule has 6 rings (SSSR count). The lowest BCUT2D eigenvalue weighted by atomic mass is 10.2. The van der Waals surface area contributed by atoms with Gasteiger partial charge in [-0.05, 0) is 85.6 Å². The Labute approximate surface area is 370 Å². The first-order valence-corrected chi connectivity index (χ1v) is 19.7. The van der Waals surface area contributed by atoms with Crippen LogP contribution in [0.25, 0.3) is 21.8 Å². The molecule has 13 nitrogen and oxygen atoms in total. The molecule has 0 fully saturated rings. The minimum atomic E-state index is -0.180. The highest BCUT2D eigenvalue weighted by Gasteiger charge is 2.10. The third-order valence-corrected chi connectivity index (χ3v) is 10.1. The van der Waals surface area contributed by atoms with Crippen LogP contribution in [0.15, 0.2) is 117 Å². The zero-order valence-corrected chi connectivity index (χ0v) is 37.4. The van der Waals surface area contributed by atoms with Crippen LogP contribution in [-0.4, -0.2) is 86.4 Å². The van der Waals surface area contributed by atoms with Gasteiger partial charge in [-0.2, -0.15) is 10.2 Å². The topological polar surface area (TPSA) is 166 Å². The third-order valence-electron chi connectivity index (χ3n) is 7.95. The highest BCUT2D eigenvalue weighted by Crippen LogP contribution is 2.30. The number of carbonyl (C=O) groups is 2. The van der Waals surface area contributed by atoms with Crippen LogP contribution in [0.2, 0.25) is 0 Å². The van der Waals surface area contributed by atoms with Crippen molar-refractivity contribution in [2.24, 2.45) is 10.2 Å². The van der Waals surface area contributed by atoms with Gasteiger partial charge in [0, 0.05) is 39.1 Å². The number of benzene rings is 4. The van der Waals surface area contributed by atoms with Crippen molar-refractivity contribution < 1.29 is 33.6 Å². The first-order valence-electron chi connectivity index (χ1n) is 17.7. The van der Waals surface area contributed by atoms with Crippen LogP contribution < -0.4 is 29.8 Å². The predicted molar refractivity (Wildman–Crippen MR) is 248 cm³/mol. The van der Waals surface area contributed by atoms with E-state index in [1.54, 1.807) is 65.1 Å². The largest absolute Gasteiger partial charge is 0.493 e. The number of aryl methyl sites for hydroxylation is 2. The molecule has 318 valence electrons. The van der Waals surface area contributed by atoms with Crippen LogP contribution in [-0.2, 0) is 9.59 Å². The number of ether oxygens (including phenoxy) is 4. The van der Waals surface area contributed by atoms with Crippen molar-refractivity contribution in [3.8, 4) is 23.0 Å². The van der Waals surface area contributed by atoms with Gasteiger partial charge in [0.25, 0.3) is 0 Å². The molecule has 60 heavy (non-hydrogen) atoms. The summed E-state index contributed by atoms with van der Waals surface area (Å²) in [4.78, 5) is 35.4. The minimum Gasteiger partial charge on any atom is -0.493 e. The second-order valence-electron chi connectivity index (χ2n) is 12.0. The quantitative estimate of drug-likeness (QED) is 0.0550. The van der Waals surface area contributed by atoms with Crippen molar-refractivity contribution in [3.05, 3.63) is 120 Å². The van der Waals surface area contributed by atoms with Gasteiger partial charge in [-0.25, -0.2) is 10.9 Å². The number of thioether (sulfide) groups is 2. The Bertz CT molecular complexity index is 2220. The van der Waals surface area contributed by atoms with E-state index in [9.17, 15) is 9.59 Å². The summed E-state index contributed by atoms with van der Waals surface area (Å²) in [6.45, 7) is 3.90. The maximum absolute atomic E-state index is 12.1. The van der Waals surface area contributed by atoms with Crippen molar-refractivity contribution in [2.75, 3.05) is 47.1 Å². The molecule has 0 aliphatic heterocycles. The molecule has 0 saturated carbocycles. The lowest BCUT2D eigenvalue weighted by Crippen LogP contribution is -2.19. The van der Waals surface area contributed by atoms with Crippen molar-refractivity contribution >= 4 is 94.4 Å². The molecule has 0 unspecified atom stereocenters. The summed E-state index contributed by atoms with van der Waals surface area (Å²) < 4.78 is 20.9. The number of hydrogen-bond donors (Lipinski definition) is 3. The number of rotatable bonds is 14. The average molecular weight is 896 g/mol. The SMILES string of the molecule is CO.COc1ccc(/C=N/NC(=O)CSc2cc(C)nc3ccccc23)cc1OC.COc1ccc(/C=N/NC(=O)CSc2cc(C)nc3ccccc23)cc1OC.Cl.Cl. The van der Waals surface area contributed by atoms with Crippen molar-refractivity contribution in [3.63, 3.8) is 0 Å². The fourth-order valence-corrected chi connectivity index (χ4v) is 7.22. The highest BCUT2D eigenvalue weighted by molar-refractivity contribution is 8.00. The molecule has 2 aromatic heterocycles. The van der Waals surface area contributed by atoms with Crippen LogP contribution >= 0.6 is 48.3 Å². The van der Waals surface area contributed by atoms with Gasteiger partial charge in [0.15, 0.2) is 23.0 Å². The normalized spacial score (nSPS) is 10.3. The number of fused-ring (bicyclic) bond motifs is 2. The zero-order chi connectivity index (χ0) is 41.9. The van der Waals surface area contributed by atoms with Gasteiger partial charge in [0.05, 0.1) is 63.4 Å². The van der Waals surface area contributed by atoms with Crippen LogP contribution in [0, 0.1) is 13.8 Å². The number of aromatic nitrogens is 2. The number of nitrogens with one attached hydrogen (secondary N) is 2. The summed E-state index contributed by atoms with van der Waals surface area (Å²) in [7, 11) is 7.30. The number of hydrazone groups is 2. The van der Waals surface area contributed by atoms with Crippen molar-refractivity contribution in [1.82, 2.24) is 20.8 Å². The fraction of sp³-hybridized carbons (Fsp3) is 0.209. The number of amides is 2. The van der Waals surface area contributed by atoms with E-state index in [0.717, 1.165) is 61.2 Å². The van der Waals surface area contributed by atoms with E-state index in [0.29, 0.717) is 23.0 Å². The Balaban J connectivity index is 0.000000385. The molecule has 6 aromatic rings. The molecule has 2 amide bonds. The number of carbonyl (C=O) groups excluding carboxylic acids is 2. The molecule has 2 heterocycles. The van der Waals surface area contributed by atoms with E-state index in [1.807, 2.05) is 86.6 Å². The van der Waals surface area contributed by atoms with Gasteiger partial charge in [0.2, 0.25) is 11.8 Å². The Morgan fingerprint density at radius 2 is 0.950 bits per heavy atom. The lowest BCUT2D eigenvalue weighted by Gasteiger charge is -2.08. The Morgan fingerprint density at radius 1 is 0.583 bits per heavy atom. The first kappa shape index (κ1) is 50.6. The van der Waals surface area contributed by atoms with E-state index in [2.05, 4.69) is 31.0 Å². The number of nitrogens with zero attached hydrogens (tertiary/aromatic N) is 4. The molecule has 0 saturated heterocycles. The Hall–Kier alpha value is -5.58. The fourth-order valence-electron chi connectivity index (χ4n) is 5.35. The molecule has 0 spiro atoms. The molecule has 3 N–H and O–H groups in total. The molecule has 17 heteroatoms. The Kier molecular flexibility index (Phi) is 22.3. The number of aliphatic hydroxyl groups is 1. The highest BCUT2D eigenvalue weighted by atomic mass is 35.5. The van der Waals surface area contributed by atoms with Gasteiger partial charge in [-0.3, -0.25) is 19.6 Å². The second kappa shape index (κ2) is 26.5. The predicted octanol–water partition coefficient (Wildman–Crippen LogP) is 8.06. The zero-order valence-electron chi connectivity index (χ0n) is 34.1. The summed E-state index contributed by atoms with van der Waals surface area (Å²) in [5, 5.41) is 17.1. The number of para-hydroxylation sites is 2. The van der Waals surface area contributed by atoms with Gasteiger partial charge in [-0.1, -0.05) is 36.4 Å². The minimum absolute atomic E-state index is 0. The average Bonchev–Trinajstić information content (AvgIpc) is 3.25. The molecule has 0 radical (unpaired) electrons. The molecule has 4 aromatic carbocycles. The number of halogens is 2. The van der Waals surface area contributed by atoms with Crippen LogP contribution in [0.4, 0.5) is 0 Å². The summed E-state index contributed by atoms with van der Waals surface area (Å²) >= 11 is 2.93. The standard InChI is InChI=1S/2C21H21N3O3S.CH4O.2ClH/c2*1-14-10-20(16-6-4-5-7-17(16)23-14)28-13-21(25)24-22-12-15-8-9-18(26-2)19(11-15)27-3;1-2;;/h2*4-12H,13H2,1-3H3,(H,24,25);2H,1H3;2*1H/b2*22-12+;;;. The van der Waals surface area contributed by atoms with Crippen LogP contribution in [0.3, 0.4) is 0 Å². The maximum Gasteiger partial charge on any atom is 0.250 e. The number of hydrogen-bond acceptors (Lipinski definition) is 13. The summed E-state index contributed by atoms with van der Waals surface area (Å²) in [6, 6.07) is 30.6. The summed E-state index contributed by atoms with van der Waals surface area (Å²) in [5.41, 5.74) is 10.4. The molecular weight excluding hydrogens is 848 g/mol. The van der Waals surface area contributed by atoms with Gasteiger partial charge in [0.1, 0.15) is 0 Å². The van der Waals surface area contributed by atoms with E-state index in [4.69, 9.17) is 24.1 Å². The number of aliphatic hydroxyl groups excluding tert-OH is 1. The van der Waals surface area contributed by atoms with E-state index < -0.39 is 0 Å². The van der Waals surface area contributed by atoms with Crippen molar-refractivity contribution in [1.29, 1.82) is 0 Å². The summed E-state index contributed by atoms with van der Waals surface area (Å²) in [6.07, 6.45) is 3.13. The van der Waals surface area contributed by atoms with Crippen LogP contribution in [0.5, 0.6) is 23.0 Å². The Morgan fingerprint density at radius 3 is 1.32 bits per heavy atom. The molecule has 0 aliphatic rings. The first-order chi connectivity index (χ1) is 28.2. The van der Waals surface area contributed by atoms with Crippen molar-refractivity contribution in [2.45, 2.75) is 23.6 Å². The smallest absolute Gasteiger partial charge is 0.250 e. The molecule has 0 atom stereocenters. The van der Waals surface area contributed by atoms with Gasteiger partial charge in [-0.15, -0.1) is 48.3 Å².